The highest BCUT2D eigenvalue weighted by Crippen LogP contribution is 2.43. The van der Waals surface area contributed by atoms with E-state index < -0.39 is 16.1 Å². The quantitative estimate of drug-likeness (QED) is 0.206. The van der Waals surface area contributed by atoms with Crippen molar-refractivity contribution in [2.24, 2.45) is 0 Å². The minimum absolute atomic E-state index is 0.0622. The van der Waals surface area contributed by atoms with Crippen molar-refractivity contribution in [3.8, 4) is 0 Å². The van der Waals surface area contributed by atoms with Crippen molar-refractivity contribution in [1.29, 1.82) is 0 Å². The zero-order valence-corrected chi connectivity index (χ0v) is 40.2. The Morgan fingerprint density at radius 1 is 0.479 bits per heavy atom. The van der Waals surface area contributed by atoms with Crippen LogP contribution in [-0.4, -0.2) is 26.3 Å². The van der Waals surface area contributed by atoms with Gasteiger partial charge in [0, 0.05) is 5.30 Å². The maximum absolute atomic E-state index is 2.66. The molecule has 4 heteroatoms. The number of benzene rings is 2. The topological polar surface area (TPSA) is 0 Å². The summed E-state index contributed by atoms with van der Waals surface area (Å²) >= 11 is 0. The lowest BCUT2D eigenvalue weighted by Crippen LogP contribution is -2.51. The van der Waals surface area contributed by atoms with Crippen LogP contribution in [0.4, 0.5) is 0 Å². The molecule has 0 saturated carbocycles. The molecular formula is C44H78P2Si2. The SMILES string of the molecule is CC(C)(C)c1cc(C(C)(C)C)c(P=C(C(Pc2c(C(C)(C)C)cc(C(C)(C)C)cc2C(C)(C)C)[Si](C)(C)C)[Si](C)(C)C)c(C(C)(C)C)c1. The van der Waals surface area contributed by atoms with Gasteiger partial charge in [-0.15, -0.1) is 0 Å². The average molecular weight is 725 g/mol. The van der Waals surface area contributed by atoms with Crippen LogP contribution < -0.4 is 10.6 Å². The monoisotopic (exact) mass is 725 g/mol. The Morgan fingerprint density at radius 2 is 0.771 bits per heavy atom. The summed E-state index contributed by atoms with van der Waals surface area (Å²) in [4.78, 5) is 1.87. The third kappa shape index (κ3) is 10.7. The Kier molecular flexibility index (Phi) is 12.5. The summed E-state index contributed by atoms with van der Waals surface area (Å²) in [7, 11) is -1.13. The molecule has 2 unspecified atom stereocenters. The van der Waals surface area contributed by atoms with Crippen molar-refractivity contribution < 1.29 is 0 Å². The molecule has 0 saturated heterocycles. The third-order valence-electron chi connectivity index (χ3n) is 9.64. The van der Waals surface area contributed by atoms with E-state index in [9.17, 15) is 0 Å². The van der Waals surface area contributed by atoms with Gasteiger partial charge in [-0.2, -0.15) is 0 Å². The Morgan fingerprint density at radius 3 is 1.00 bits per heavy atom. The van der Waals surface area contributed by atoms with Crippen LogP contribution in [0.15, 0.2) is 24.3 Å². The molecule has 2 rings (SSSR count). The largest absolute Gasteiger partial charge is 0.0853 e. The summed E-state index contributed by atoms with van der Waals surface area (Å²) in [6, 6.07) is 10.4. The summed E-state index contributed by atoms with van der Waals surface area (Å²) in [5.41, 5.74) is 9.70. The van der Waals surface area contributed by atoms with Gasteiger partial charge in [0.2, 0.25) is 0 Å². The molecule has 0 nitrogen and oxygen atoms in total. The first-order valence-corrected chi connectivity index (χ1v) is 27.7. The van der Waals surface area contributed by atoms with Crippen molar-refractivity contribution in [2.75, 3.05) is 0 Å². The molecule has 0 spiro atoms. The first-order valence-electron chi connectivity index (χ1n) is 18.6. The zero-order chi connectivity index (χ0) is 38.0. The van der Waals surface area contributed by atoms with Gasteiger partial charge < -0.3 is 0 Å². The smallest absolute Gasteiger partial charge is 0.0787 e. The molecule has 0 bridgehead atoms. The van der Waals surface area contributed by atoms with Crippen LogP contribution in [0.3, 0.4) is 0 Å². The van der Waals surface area contributed by atoms with Crippen LogP contribution in [0, 0.1) is 0 Å². The van der Waals surface area contributed by atoms with Crippen LogP contribution in [0.1, 0.15) is 158 Å². The molecule has 2 aromatic rings. The summed E-state index contributed by atoms with van der Waals surface area (Å²) in [6.07, 6.45) is 0. The molecule has 0 aliphatic heterocycles. The number of hydrogen-bond acceptors (Lipinski definition) is 0. The zero-order valence-electron chi connectivity index (χ0n) is 36.3. The summed E-state index contributed by atoms with van der Waals surface area (Å²) < 4.78 is 0. The summed E-state index contributed by atoms with van der Waals surface area (Å²) in [6.45, 7) is 59.5. The van der Waals surface area contributed by atoms with E-state index in [1.54, 1.807) is 32.9 Å². The Labute approximate surface area is 306 Å². The molecule has 272 valence electrons. The highest BCUT2D eigenvalue weighted by molar-refractivity contribution is 7.64. The second-order valence-corrected chi connectivity index (χ2v) is 36.9. The average Bonchev–Trinajstić information content (AvgIpc) is 2.80. The van der Waals surface area contributed by atoms with Gasteiger partial charge in [0.15, 0.2) is 0 Å². The standard InChI is InChI=1S/C44H78P2Si2/c1-39(2,3)29-25-31(41(7,8)9)35(32(26-29)42(10,11)12)45-37(47(19,20)21)38(48(22,23)24)46-36-33(43(13,14)15)27-30(40(4,5)6)28-34(36)44(16,17)18/h25-28,37,45H,1-24H3. The first-order chi connectivity index (χ1) is 20.9. The third-order valence-corrected chi connectivity index (χ3v) is 22.5. The molecule has 0 amide bonds. The fourth-order valence-corrected chi connectivity index (χ4v) is 20.8. The maximum Gasteiger partial charge on any atom is 0.0787 e. The lowest BCUT2D eigenvalue weighted by Gasteiger charge is -2.41. The van der Waals surface area contributed by atoms with E-state index in [0.717, 1.165) is 8.58 Å². The molecule has 0 heterocycles. The van der Waals surface area contributed by atoms with Crippen LogP contribution in [0.25, 0.3) is 0 Å². The van der Waals surface area contributed by atoms with Gasteiger partial charge in [-0.3, -0.25) is 0 Å². The van der Waals surface area contributed by atoms with E-state index in [2.05, 4.69) is 188 Å². The van der Waals surface area contributed by atoms with Crippen molar-refractivity contribution in [2.45, 2.75) is 202 Å². The molecule has 2 aromatic carbocycles. The van der Waals surface area contributed by atoms with E-state index in [0.29, 0.717) is 5.28 Å². The highest BCUT2D eigenvalue weighted by Gasteiger charge is 2.40. The fourth-order valence-electron chi connectivity index (χ4n) is 6.37. The maximum atomic E-state index is 2.66. The van der Waals surface area contributed by atoms with Gasteiger partial charge in [-0.1, -0.05) is 205 Å². The molecule has 0 aliphatic rings. The minimum Gasteiger partial charge on any atom is -0.0853 e. The first kappa shape index (κ1) is 43.6. The molecule has 0 fully saturated rings. The van der Waals surface area contributed by atoms with Crippen LogP contribution in [0.5, 0.6) is 0 Å². The summed E-state index contributed by atoms with van der Waals surface area (Å²) in [5.74, 6) is 0. The van der Waals surface area contributed by atoms with Crippen LogP contribution in [0.2, 0.25) is 39.3 Å². The van der Waals surface area contributed by atoms with E-state index in [4.69, 9.17) is 0 Å². The Bertz CT molecular complexity index is 1410. The molecule has 48 heavy (non-hydrogen) atoms. The second kappa shape index (κ2) is 13.8. The van der Waals surface area contributed by atoms with E-state index in [1.165, 1.54) is 19.3 Å². The number of hydrogen-bond donors (Lipinski definition) is 0. The minimum atomic E-state index is -1.73. The molecular weight excluding hydrogens is 647 g/mol. The van der Waals surface area contributed by atoms with Gasteiger partial charge in [0.1, 0.15) is 0 Å². The number of rotatable bonds is 6. The summed E-state index contributed by atoms with van der Waals surface area (Å²) in [5, 5.41) is 3.89. The van der Waals surface area contributed by atoms with Gasteiger partial charge >= 0.3 is 0 Å². The molecule has 0 N–H and O–H groups in total. The molecule has 0 aliphatic carbocycles. The Balaban J connectivity index is 3.23. The highest BCUT2D eigenvalue weighted by atomic mass is 31.1. The lowest BCUT2D eigenvalue weighted by molar-refractivity contribution is 0.553. The fraction of sp³-hybridized carbons (Fsp3) is 0.705. The second-order valence-electron chi connectivity index (χ2n) is 23.1. The molecule has 0 aromatic heterocycles. The lowest BCUT2D eigenvalue weighted by atomic mass is 9.75. The van der Waals surface area contributed by atoms with E-state index in [1.807, 2.05) is 4.92 Å². The van der Waals surface area contributed by atoms with Gasteiger partial charge in [-0.25, -0.2) is 0 Å². The predicted molar refractivity (Wildman–Crippen MR) is 235 cm³/mol. The van der Waals surface area contributed by atoms with Crippen LogP contribution >= 0.6 is 16.8 Å². The van der Waals surface area contributed by atoms with Crippen molar-refractivity contribution in [1.82, 2.24) is 0 Å². The van der Waals surface area contributed by atoms with Crippen LogP contribution in [-0.2, 0) is 32.5 Å². The molecule has 2 atom stereocenters. The van der Waals surface area contributed by atoms with Gasteiger partial charge in [0.25, 0.3) is 0 Å². The molecule has 0 radical (unpaired) electrons. The normalized spacial score (nSPS) is 15.9. The van der Waals surface area contributed by atoms with E-state index in [-0.39, 0.29) is 32.5 Å². The van der Waals surface area contributed by atoms with Crippen molar-refractivity contribution in [3.63, 3.8) is 0 Å². The van der Waals surface area contributed by atoms with E-state index >= 15 is 0 Å². The van der Waals surface area contributed by atoms with Gasteiger partial charge in [-0.05, 0) is 81.4 Å². The Hall–Kier alpha value is -0.526. The van der Waals surface area contributed by atoms with Crippen molar-refractivity contribution >= 4 is 48.5 Å². The van der Waals surface area contributed by atoms with Gasteiger partial charge in [0.05, 0.1) is 16.1 Å². The predicted octanol–water partition coefficient (Wildman–Crippen LogP) is 13.3. The van der Waals surface area contributed by atoms with Crippen molar-refractivity contribution in [3.05, 3.63) is 57.6 Å².